The van der Waals surface area contributed by atoms with Crippen LogP contribution in [0.4, 0.5) is 5.69 Å². The van der Waals surface area contributed by atoms with Crippen LogP contribution in [0.5, 0.6) is 5.75 Å². The predicted octanol–water partition coefficient (Wildman–Crippen LogP) is 2.40. The van der Waals surface area contributed by atoms with E-state index < -0.39 is 20.0 Å². The van der Waals surface area contributed by atoms with Gasteiger partial charge in [-0.1, -0.05) is 17.7 Å². The van der Waals surface area contributed by atoms with Gasteiger partial charge >= 0.3 is 0 Å². The van der Waals surface area contributed by atoms with Gasteiger partial charge in [0.25, 0.3) is 10.0 Å². The first-order chi connectivity index (χ1) is 11.6. The molecule has 0 spiro atoms. The lowest BCUT2D eigenvalue weighted by Crippen LogP contribution is -2.23. The average molecular weight is 405 g/mol. The number of ether oxygens (including phenoxy) is 1. The summed E-state index contributed by atoms with van der Waals surface area (Å²) in [5, 5.41) is 0.272. The van der Waals surface area contributed by atoms with Gasteiger partial charge in [-0.05, 0) is 36.4 Å². The van der Waals surface area contributed by atoms with Crippen LogP contribution in [0.2, 0.25) is 5.02 Å². The van der Waals surface area contributed by atoms with Crippen molar-refractivity contribution in [2.75, 3.05) is 25.9 Å². The highest BCUT2D eigenvalue weighted by Gasteiger charge is 2.24. The standard InChI is InChI=1S/C15H17ClN2O5S2/c1-18(2)25(21,22)15-10-12(7-8-14(15)23-3)17-24(19,20)13-6-4-5-11(16)9-13/h4-10,17H,1-3H3. The van der Waals surface area contributed by atoms with Gasteiger partial charge in [-0.15, -0.1) is 0 Å². The zero-order valence-corrected chi connectivity index (χ0v) is 16.1. The lowest BCUT2D eigenvalue weighted by molar-refractivity contribution is 0.400. The van der Waals surface area contributed by atoms with Gasteiger partial charge in [0.05, 0.1) is 17.7 Å². The fraction of sp³-hybridized carbons (Fsp3) is 0.200. The number of anilines is 1. The summed E-state index contributed by atoms with van der Waals surface area (Å²) in [6.45, 7) is 0. The molecule has 0 radical (unpaired) electrons. The molecular weight excluding hydrogens is 388 g/mol. The average Bonchev–Trinajstić information content (AvgIpc) is 2.54. The number of nitrogens with one attached hydrogen (secondary N) is 1. The van der Waals surface area contributed by atoms with Crippen molar-refractivity contribution in [2.45, 2.75) is 9.79 Å². The topological polar surface area (TPSA) is 92.8 Å². The highest BCUT2D eigenvalue weighted by atomic mass is 35.5. The molecule has 2 rings (SSSR count). The first-order valence-corrected chi connectivity index (χ1v) is 10.3. The Morgan fingerprint density at radius 3 is 2.28 bits per heavy atom. The van der Waals surface area contributed by atoms with E-state index in [1.807, 2.05) is 0 Å². The Hall–Kier alpha value is -1.81. The number of benzene rings is 2. The molecule has 7 nitrogen and oxygen atoms in total. The van der Waals surface area contributed by atoms with Crippen molar-refractivity contribution >= 4 is 37.3 Å². The van der Waals surface area contributed by atoms with Gasteiger partial charge in [-0.2, -0.15) is 0 Å². The SMILES string of the molecule is COc1ccc(NS(=O)(=O)c2cccc(Cl)c2)cc1S(=O)(=O)N(C)C. The predicted molar refractivity (Wildman–Crippen MR) is 96.1 cm³/mol. The van der Waals surface area contributed by atoms with Gasteiger partial charge in [0, 0.05) is 19.1 Å². The van der Waals surface area contributed by atoms with Gasteiger partial charge in [0.15, 0.2) is 0 Å². The second-order valence-corrected chi connectivity index (χ2v) is 9.46. The summed E-state index contributed by atoms with van der Waals surface area (Å²) in [5.74, 6) is 0.111. The third kappa shape index (κ3) is 4.24. The van der Waals surface area contributed by atoms with Gasteiger partial charge in [0.2, 0.25) is 10.0 Å². The number of methoxy groups -OCH3 is 1. The Balaban J connectivity index is 2.48. The van der Waals surface area contributed by atoms with Crippen LogP contribution in [-0.2, 0) is 20.0 Å². The van der Waals surface area contributed by atoms with Gasteiger partial charge in [-0.3, -0.25) is 4.72 Å². The largest absolute Gasteiger partial charge is 0.495 e. The Morgan fingerprint density at radius 2 is 1.72 bits per heavy atom. The number of sulfonamides is 2. The lowest BCUT2D eigenvalue weighted by atomic mass is 10.3. The molecule has 2 aromatic carbocycles. The second kappa shape index (κ2) is 7.20. The third-order valence-corrected chi connectivity index (χ3v) is 6.73. The van der Waals surface area contributed by atoms with E-state index in [1.54, 1.807) is 6.07 Å². The van der Waals surface area contributed by atoms with E-state index in [-0.39, 0.29) is 26.3 Å². The summed E-state index contributed by atoms with van der Waals surface area (Å²) in [6.07, 6.45) is 0. The molecule has 0 unspecified atom stereocenters. The lowest BCUT2D eigenvalue weighted by Gasteiger charge is -2.16. The summed E-state index contributed by atoms with van der Waals surface area (Å²) < 4.78 is 58.1. The molecule has 0 aromatic heterocycles. The zero-order chi connectivity index (χ0) is 18.8. The Bertz CT molecular complexity index is 989. The summed E-state index contributed by atoms with van der Waals surface area (Å²) in [6, 6.07) is 9.74. The molecule has 0 saturated carbocycles. The van der Waals surface area contributed by atoms with Crippen molar-refractivity contribution in [3.63, 3.8) is 0 Å². The van der Waals surface area contributed by atoms with Crippen molar-refractivity contribution < 1.29 is 21.6 Å². The first kappa shape index (κ1) is 19.5. The Morgan fingerprint density at radius 1 is 1.04 bits per heavy atom. The molecule has 136 valence electrons. The van der Waals surface area contributed by atoms with Crippen molar-refractivity contribution in [2.24, 2.45) is 0 Å². The van der Waals surface area contributed by atoms with E-state index in [2.05, 4.69) is 4.72 Å². The van der Waals surface area contributed by atoms with Crippen LogP contribution in [-0.4, -0.2) is 42.3 Å². The fourth-order valence-corrected chi connectivity index (χ4v) is 4.41. The smallest absolute Gasteiger partial charge is 0.261 e. The third-order valence-electron chi connectivity index (χ3n) is 3.28. The second-order valence-electron chi connectivity index (χ2n) is 5.22. The maximum Gasteiger partial charge on any atom is 0.261 e. The molecule has 0 saturated heterocycles. The molecule has 2 aromatic rings. The number of halogens is 1. The number of nitrogens with zero attached hydrogens (tertiary/aromatic N) is 1. The summed E-state index contributed by atoms with van der Waals surface area (Å²) >= 11 is 5.82. The van der Waals surface area contributed by atoms with Gasteiger partial charge in [0.1, 0.15) is 10.6 Å². The van der Waals surface area contributed by atoms with E-state index in [1.165, 1.54) is 57.6 Å². The Kier molecular flexibility index (Phi) is 5.62. The number of hydrogen-bond acceptors (Lipinski definition) is 5. The van der Waals surface area contributed by atoms with Crippen LogP contribution in [0.25, 0.3) is 0 Å². The van der Waals surface area contributed by atoms with Gasteiger partial charge in [-0.25, -0.2) is 21.1 Å². The normalized spacial score (nSPS) is 12.2. The minimum atomic E-state index is -3.92. The molecule has 0 aliphatic heterocycles. The van der Waals surface area contributed by atoms with Crippen LogP contribution >= 0.6 is 11.6 Å². The summed E-state index contributed by atoms with van der Waals surface area (Å²) in [5.41, 5.74) is 0.0844. The van der Waals surface area contributed by atoms with Crippen LogP contribution in [0.15, 0.2) is 52.3 Å². The van der Waals surface area contributed by atoms with Crippen LogP contribution in [0.1, 0.15) is 0 Å². The fourth-order valence-electron chi connectivity index (χ4n) is 1.99. The quantitative estimate of drug-likeness (QED) is 0.797. The van der Waals surface area contributed by atoms with E-state index in [9.17, 15) is 16.8 Å². The molecule has 0 amide bonds. The molecule has 0 aliphatic carbocycles. The minimum Gasteiger partial charge on any atom is -0.495 e. The maximum atomic E-state index is 12.4. The molecule has 25 heavy (non-hydrogen) atoms. The van der Waals surface area contributed by atoms with E-state index in [0.717, 1.165) is 4.31 Å². The molecule has 1 N–H and O–H groups in total. The summed E-state index contributed by atoms with van der Waals surface area (Å²) in [7, 11) is -3.66. The molecule has 0 fully saturated rings. The van der Waals surface area contributed by atoms with Crippen molar-refractivity contribution in [3.05, 3.63) is 47.5 Å². The molecular formula is C15H17ClN2O5S2. The van der Waals surface area contributed by atoms with Crippen molar-refractivity contribution in [3.8, 4) is 5.75 Å². The summed E-state index contributed by atoms with van der Waals surface area (Å²) in [4.78, 5) is -0.181. The molecule has 0 bridgehead atoms. The van der Waals surface area contributed by atoms with Crippen LogP contribution < -0.4 is 9.46 Å². The van der Waals surface area contributed by atoms with E-state index in [0.29, 0.717) is 0 Å². The van der Waals surface area contributed by atoms with E-state index in [4.69, 9.17) is 16.3 Å². The molecule has 0 atom stereocenters. The van der Waals surface area contributed by atoms with Crippen LogP contribution in [0, 0.1) is 0 Å². The number of rotatable bonds is 6. The van der Waals surface area contributed by atoms with Gasteiger partial charge < -0.3 is 4.74 Å². The highest BCUT2D eigenvalue weighted by molar-refractivity contribution is 7.92. The van der Waals surface area contributed by atoms with Crippen LogP contribution in [0.3, 0.4) is 0 Å². The van der Waals surface area contributed by atoms with Crippen molar-refractivity contribution in [1.29, 1.82) is 0 Å². The minimum absolute atomic E-state index is 0.0344. The van der Waals surface area contributed by atoms with E-state index >= 15 is 0 Å². The molecule has 10 heteroatoms. The maximum absolute atomic E-state index is 12.4. The number of hydrogen-bond donors (Lipinski definition) is 1. The van der Waals surface area contributed by atoms with Crippen molar-refractivity contribution in [1.82, 2.24) is 4.31 Å². The zero-order valence-electron chi connectivity index (χ0n) is 13.7. The molecule has 0 heterocycles. The molecule has 0 aliphatic rings. The highest BCUT2D eigenvalue weighted by Crippen LogP contribution is 2.30. The Labute approximate surface area is 152 Å². The monoisotopic (exact) mass is 404 g/mol. The first-order valence-electron chi connectivity index (χ1n) is 6.97.